The van der Waals surface area contributed by atoms with Gasteiger partial charge in [-0.2, -0.15) is 0 Å². The van der Waals surface area contributed by atoms with E-state index in [0.29, 0.717) is 0 Å². The van der Waals surface area contributed by atoms with E-state index in [1.165, 1.54) is 6.92 Å². The summed E-state index contributed by atoms with van der Waals surface area (Å²) in [6.07, 6.45) is -1.38. The average molecular weight is 275 g/mol. The van der Waals surface area contributed by atoms with Crippen LogP contribution in [0.5, 0.6) is 0 Å². The van der Waals surface area contributed by atoms with Crippen LogP contribution in [0, 0.1) is 0 Å². The predicted molar refractivity (Wildman–Crippen MR) is 63.1 cm³/mol. The molecule has 0 aromatic carbocycles. The second-order valence-corrected chi connectivity index (χ2v) is 6.35. The van der Waals surface area contributed by atoms with Crippen LogP contribution in [0.3, 0.4) is 0 Å². The Morgan fingerprint density at radius 3 is 2.12 bits per heavy atom. The van der Waals surface area contributed by atoms with Gasteiger partial charge in [0.15, 0.2) is 0 Å². The van der Waals surface area contributed by atoms with E-state index in [9.17, 15) is 14.6 Å². The lowest BCUT2D eigenvalue weighted by Crippen LogP contribution is -2.35. The molecule has 0 rings (SSSR count). The minimum Gasteiger partial charge on any atom is -0.391 e. The number of hydrogen-bond acceptors (Lipinski definition) is 4. The van der Waals surface area contributed by atoms with Crippen LogP contribution in [0.25, 0.3) is 0 Å². The Morgan fingerprint density at radius 2 is 1.81 bits per heavy atom. The number of alkyl halides is 1. The predicted octanol–water partition coefficient (Wildman–Crippen LogP) is 1.60. The van der Waals surface area contributed by atoms with Crippen molar-refractivity contribution in [1.82, 2.24) is 0 Å². The molecule has 2 N–H and O–H groups in total. The Kier molecular flexibility index (Phi) is 7.10. The molecule has 2 unspecified atom stereocenters. The zero-order valence-electron chi connectivity index (χ0n) is 9.85. The maximum Gasteiger partial charge on any atom is 0.260 e. The molecule has 0 heterocycles. The Morgan fingerprint density at radius 1 is 1.38 bits per heavy atom. The van der Waals surface area contributed by atoms with Crippen LogP contribution in [0.1, 0.15) is 20.8 Å². The number of halogens is 1. The van der Waals surface area contributed by atoms with Crippen LogP contribution < -0.4 is 0 Å². The maximum absolute atomic E-state index is 12.1. The highest BCUT2D eigenvalue weighted by Crippen LogP contribution is 2.55. The molecular weight excluding hydrogens is 255 g/mol. The van der Waals surface area contributed by atoms with Crippen molar-refractivity contribution in [3.63, 3.8) is 0 Å². The molecule has 0 saturated carbocycles. The first kappa shape index (κ1) is 16.4. The highest BCUT2D eigenvalue weighted by molar-refractivity contribution is 7.59. The van der Waals surface area contributed by atoms with Gasteiger partial charge in [-0.1, -0.05) is 0 Å². The lowest BCUT2D eigenvalue weighted by atomic mass is 10.5. The van der Waals surface area contributed by atoms with Gasteiger partial charge < -0.3 is 19.5 Å². The summed E-state index contributed by atoms with van der Waals surface area (Å²) in [6.45, 7) is 5.31. The number of rotatable bonds is 8. The molecule has 0 aliphatic carbocycles. The van der Waals surface area contributed by atoms with Crippen molar-refractivity contribution < 1.29 is 24.0 Å². The van der Waals surface area contributed by atoms with E-state index in [4.69, 9.17) is 21.1 Å². The zero-order chi connectivity index (χ0) is 12.8. The maximum atomic E-state index is 12.1. The lowest BCUT2D eigenvalue weighted by Gasteiger charge is -2.33. The minimum absolute atomic E-state index is 0.0983. The minimum atomic E-state index is -3.80. The SMILES string of the molecule is CCOC(C)(OCC)P(=O)(O)CC(O)CCl. The van der Waals surface area contributed by atoms with Crippen LogP contribution in [0.4, 0.5) is 0 Å². The summed E-state index contributed by atoms with van der Waals surface area (Å²) in [6, 6.07) is 0. The Balaban J connectivity index is 4.81. The van der Waals surface area contributed by atoms with Gasteiger partial charge in [-0.25, -0.2) is 0 Å². The molecule has 0 fully saturated rings. The van der Waals surface area contributed by atoms with Crippen LogP contribution in [-0.4, -0.2) is 46.9 Å². The van der Waals surface area contributed by atoms with Crippen molar-refractivity contribution >= 4 is 19.0 Å². The molecule has 0 aromatic rings. The highest BCUT2D eigenvalue weighted by Gasteiger charge is 2.46. The zero-order valence-corrected chi connectivity index (χ0v) is 11.5. The molecule has 0 bridgehead atoms. The molecule has 0 aliphatic rings. The molecule has 0 saturated heterocycles. The second-order valence-electron chi connectivity index (χ2n) is 3.46. The van der Waals surface area contributed by atoms with Crippen LogP contribution in [0.2, 0.25) is 0 Å². The Labute approximate surface area is 101 Å². The van der Waals surface area contributed by atoms with Gasteiger partial charge in [0.1, 0.15) is 0 Å². The Hall–Kier alpha value is 0.360. The van der Waals surface area contributed by atoms with Gasteiger partial charge in [0.05, 0.1) is 12.3 Å². The molecule has 2 atom stereocenters. The molecular formula is C9H20ClO5P. The fourth-order valence-electron chi connectivity index (χ4n) is 1.28. The summed E-state index contributed by atoms with van der Waals surface area (Å²) in [4.78, 5) is 9.88. The van der Waals surface area contributed by atoms with Gasteiger partial charge in [-0.3, -0.25) is 4.57 Å². The third kappa shape index (κ3) is 4.32. The highest BCUT2D eigenvalue weighted by atomic mass is 35.5. The largest absolute Gasteiger partial charge is 0.391 e. The molecule has 0 radical (unpaired) electrons. The van der Waals surface area contributed by atoms with Crippen molar-refractivity contribution in [1.29, 1.82) is 0 Å². The van der Waals surface area contributed by atoms with Crippen molar-refractivity contribution in [2.24, 2.45) is 0 Å². The van der Waals surface area contributed by atoms with E-state index in [0.717, 1.165) is 0 Å². The van der Waals surface area contributed by atoms with E-state index in [1.54, 1.807) is 13.8 Å². The molecule has 5 nitrogen and oxygen atoms in total. The topological polar surface area (TPSA) is 76.0 Å². The molecule has 98 valence electrons. The average Bonchev–Trinajstić information content (AvgIpc) is 2.17. The summed E-state index contributed by atoms with van der Waals surface area (Å²) in [5.74, 6) is -0.0983. The number of hydrogen-bond donors (Lipinski definition) is 2. The number of aliphatic hydroxyl groups excluding tert-OH is 1. The van der Waals surface area contributed by atoms with Crippen LogP contribution >= 0.6 is 19.0 Å². The van der Waals surface area contributed by atoms with Crippen LogP contribution in [-0.2, 0) is 14.0 Å². The quantitative estimate of drug-likeness (QED) is 0.399. The van der Waals surface area contributed by atoms with Crippen molar-refractivity contribution in [2.45, 2.75) is 32.4 Å². The lowest BCUT2D eigenvalue weighted by molar-refractivity contribution is -0.166. The molecule has 16 heavy (non-hydrogen) atoms. The van der Waals surface area contributed by atoms with Gasteiger partial charge >= 0.3 is 0 Å². The fourth-order valence-corrected chi connectivity index (χ4v) is 3.23. The third-order valence-corrected chi connectivity index (χ3v) is 4.90. The van der Waals surface area contributed by atoms with Gasteiger partial charge in [-0.05, 0) is 20.8 Å². The van der Waals surface area contributed by atoms with Gasteiger partial charge in [-0.15, -0.1) is 11.6 Å². The first-order chi connectivity index (χ1) is 7.33. The van der Waals surface area contributed by atoms with E-state index in [-0.39, 0.29) is 25.3 Å². The van der Waals surface area contributed by atoms with E-state index >= 15 is 0 Å². The van der Waals surface area contributed by atoms with E-state index in [2.05, 4.69) is 0 Å². The number of ether oxygens (including phenoxy) is 2. The monoisotopic (exact) mass is 274 g/mol. The van der Waals surface area contributed by atoms with Gasteiger partial charge in [0.2, 0.25) is 5.53 Å². The normalized spacial score (nSPS) is 18.1. The fraction of sp³-hybridized carbons (Fsp3) is 1.00. The van der Waals surface area contributed by atoms with E-state index < -0.39 is 19.0 Å². The summed E-state index contributed by atoms with van der Waals surface area (Å²) in [7, 11) is -3.80. The molecule has 0 aliphatic heterocycles. The molecule has 0 spiro atoms. The van der Waals surface area contributed by atoms with Crippen molar-refractivity contribution in [2.75, 3.05) is 25.3 Å². The molecule has 7 heteroatoms. The molecule has 0 aromatic heterocycles. The van der Waals surface area contributed by atoms with E-state index in [1.807, 2.05) is 0 Å². The van der Waals surface area contributed by atoms with Gasteiger partial charge in [0.25, 0.3) is 7.37 Å². The smallest absolute Gasteiger partial charge is 0.260 e. The summed E-state index contributed by atoms with van der Waals surface area (Å²) < 4.78 is 22.5. The summed E-state index contributed by atoms with van der Waals surface area (Å²) >= 11 is 5.40. The third-order valence-electron chi connectivity index (χ3n) is 2.10. The second kappa shape index (κ2) is 6.94. The van der Waals surface area contributed by atoms with Crippen LogP contribution in [0.15, 0.2) is 0 Å². The van der Waals surface area contributed by atoms with Gasteiger partial charge in [0, 0.05) is 19.1 Å². The number of aliphatic hydroxyl groups is 1. The molecule has 0 amide bonds. The Bertz CT molecular complexity index is 242. The first-order valence-corrected chi connectivity index (χ1v) is 7.54. The first-order valence-electron chi connectivity index (χ1n) is 5.16. The van der Waals surface area contributed by atoms with Crippen molar-refractivity contribution in [3.05, 3.63) is 0 Å². The van der Waals surface area contributed by atoms with Crippen molar-refractivity contribution in [3.8, 4) is 0 Å². The standard InChI is InChI=1S/C9H20ClO5P/c1-4-14-9(3,15-5-2)16(12,13)7-8(11)6-10/h8,11H,4-7H2,1-3H3,(H,12,13). The summed E-state index contributed by atoms with van der Waals surface area (Å²) in [5.41, 5.74) is -1.58. The summed E-state index contributed by atoms with van der Waals surface area (Å²) in [5, 5.41) is 9.32.